The van der Waals surface area contributed by atoms with Crippen molar-refractivity contribution in [2.24, 2.45) is 0 Å². The summed E-state index contributed by atoms with van der Waals surface area (Å²) in [7, 11) is 0. The van der Waals surface area contributed by atoms with Gasteiger partial charge in [0.05, 0.1) is 5.56 Å². The average molecular weight is 432 g/mol. The molecule has 3 heterocycles. The molecule has 1 aliphatic heterocycles. The number of carbonyl (C=O) groups excluding carboxylic acids is 1. The summed E-state index contributed by atoms with van der Waals surface area (Å²) in [5.41, 5.74) is 3.36. The Morgan fingerprint density at radius 1 is 0.938 bits per heavy atom. The monoisotopic (exact) mass is 432 g/mol. The number of carboxylic acids is 1. The number of hydrogen-bond acceptors (Lipinski definition) is 6. The van der Waals surface area contributed by atoms with Gasteiger partial charge in [0.15, 0.2) is 0 Å². The van der Waals surface area contributed by atoms with Crippen molar-refractivity contribution in [2.45, 2.75) is 13.3 Å². The molecule has 1 aliphatic rings. The van der Waals surface area contributed by atoms with Gasteiger partial charge in [0.2, 0.25) is 0 Å². The number of aromatic nitrogens is 2. The van der Waals surface area contributed by atoms with Crippen LogP contribution in [0.1, 0.15) is 27.2 Å². The predicted octanol–water partition coefficient (Wildman–Crippen LogP) is 3.40. The van der Waals surface area contributed by atoms with Crippen LogP contribution in [-0.2, 0) is 6.42 Å². The first kappa shape index (κ1) is 21.3. The zero-order valence-electron chi connectivity index (χ0n) is 17.8. The molecule has 0 saturated carbocycles. The van der Waals surface area contributed by atoms with Gasteiger partial charge in [-0.2, -0.15) is 0 Å². The number of amides is 1. The summed E-state index contributed by atoms with van der Waals surface area (Å²) in [6, 6.07) is 14.7. The summed E-state index contributed by atoms with van der Waals surface area (Å²) in [6.45, 7) is 4.19. The maximum Gasteiger partial charge on any atom is 0.415 e. The number of aromatic carboxylic acids is 1. The third-order valence-electron chi connectivity index (χ3n) is 5.34. The second-order valence-corrected chi connectivity index (χ2v) is 7.70. The normalized spacial score (nSPS) is 13.7. The Hall–Kier alpha value is -3.94. The number of pyridine rings is 2. The summed E-state index contributed by atoms with van der Waals surface area (Å²) >= 11 is 0. The van der Waals surface area contributed by atoms with E-state index in [-0.39, 0.29) is 11.7 Å². The number of piperazine rings is 1. The zero-order chi connectivity index (χ0) is 22.5. The van der Waals surface area contributed by atoms with Gasteiger partial charge in [0.25, 0.3) is 0 Å². The molecule has 164 valence electrons. The minimum atomic E-state index is -1.00. The lowest BCUT2D eigenvalue weighted by molar-refractivity contribution is 0.0696. The fourth-order valence-electron chi connectivity index (χ4n) is 3.47. The third kappa shape index (κ3) is 5.21. The van der Waals surface area contributed by atoms with Crippen molar-refractivity contribution >= 4 is 17.9 Å². The van der Waals surface area contributed by atoms with Gasteiger partial charge in [0.1, 0.15) is 11.6 Å². The first-order valence-electron chi connectivity index (χ1n) is 10.4. The molecule has 8 nitrogen and oxygen atoms in total. The standard InChI is InChI=1S/C24H24N4O4/c1-17-2-6-20(25-15-17)14-18-3-7-21(8-4-18)32-24(31)28-12-10-27(11-13-28)22-9-5-19(16-26-22)23(29)30/h2-9,15-16H,10-14H2,1H3,(H,29,30). The number of anilines is 1. The zero-order valence-corrected chi connectivity index (χ0v) is 17.8. The Morgan fingerprint density at radius 3 is 2.28 bits per heavy atom. The first-order valence-corrected chi connectivity index (χ1v) is 10.4. The Labute approximate surface area is 186 Å². The molecule has 0 spiro atoms. The lowest BCUT2D eigenvalue weighted by atomic mass is 10.1. The van der Waals surface area contributed by atoms with E-state index in [2.05, 4.69) is 9.97 Å². The number of ether oxygens (including phenoxy) is 1. The SMILES string of the molecule is Cc1ccc(Cc2ccc(OC(=O)N3CCN(c4ccc(C(=O)O)cn4)CC3)cc2)nc1. The second-order valence-electron chi connectivity index (χ2n) is 7.70. The van der Waals surface area contributed by atoms with Crippen LogP contribution < -0.4 is 9.64 Å². The molecule has 3 aromatic rings. The van der Waals surface area contributed by atoms with Crippen molar-refractivity contribution in [3.05, 3.63) is 83.3 Å². The van der Waals surface area contributed by atoms with Gasteiger partial charge in [-0.1, -0.05) is 18.2 Å². The number of carbonyl (C=O) groups is 2. The minimum Gasteiger partial charge on any atom is -0.478 e. The number of rotatable bonds is 5. The summed E-state index contributed by atoms with van der Waals surface area (Å²) in [6.07, 6.45) is 3.54. The average Bonchev–Trinajstić information content (AvgIpc) is 2.82. The van der Waals surface area contributed by atoms with Gasteiger partial charge in [-0.25, -0.2) is 14.6 Å². The van der Waals surface area contributed by atoms with E-state index in [9.17, 15) is 9.59 Å². The number of aryl methyl sites for hydroxylation is 1. The van der Waals surface area contributed by atoms with E-state index in [1.165, 1.54) is 12.3 Å². The number of nitrogens with zero attached hydrogens (tertiary/aromatic N) is 4. The molecule has 0 aliphatic carbocycles. The van der Waals surface area contributed by atoms with Gasteiger partial charge < -0.3 is 19.6 Å². The molecule has 8 heteroatoms. The summed E-state index contributed by atoms with van der Waals surface area (Å²) in [5.74, 6) is 0.196. The molecule has 0 radical (unpaired) electrons. The lowest BCUT2D eigenvalue weighted by Gasteiger charge is -2.34. The number of carboxylic acid groups (broad SMARTS) is 1. The van der Waals surface area contributed by atoms with Crippen LogP contribution in [0.15, 0.2) is 60.9 Å². The summed E-state index contributed by atoms with van der Waals surface area (Å²) in [5, 5.41) is 8.98. The highest BCUT2D eigenvalue weighted by molar-refractivity contribution is 5.87. The summed E-state index contributed by atoms with van der Waals surface area (Å²) < 4.78 is 5.53. The molecule has 2 aromatic heterocycles. The van der Waals surface area contributed by atoms with E-state index in [1.54, 1.807) is 23.1 Å². The van der Waals surface area contributed by atoms with Crippen LogP contribution in [0, 0.1) is 6.92 Å². The van der Waals surface area contributed by atoms with E-state index < -0.39 is 5.97 Å². The largest absolute Gasteiger partial charge is 0.478 e. The number of hydrogen-bond donors (Lipinski definition) is 1. The van der Waals surface area contributed by atoms with Crippen molar-refractivity contribution in [1.82, 2.24) is 14.9 Å². The van der Waals surface area contributed by atoms with Crippen molar-refractivity contribution in [1.29, 1.82) is 0 Å². The molecule has 0 bridgehead atoms. The van der Waals surface area contributed by atoms with Crippen molar-refractivity contribution in [3.8, 4) is 5.75 Å². The highest BCUT2D eigenvalue weighted by atomic mass is 16.6. The highest BCUT2D eigenvalue weighted by Gasteiger charge is 2.23. The van der Waals surface area contributed by atoms with E-state index in [4.69, 9.17) is 9.84 Å². The van der Waals surface area contributed by atoms with Crippen molar-refractivity contribution in [3.63, 3.8) is 0 Å². The molecule has 4 rings (SSSR count). The van der Waals surface area contributed by atoms with E-state index in [0.29, 0.717) is 37.7 Å². The van der Waals surface area contributed by atoms with Crippen LogP contribution in [-0.4, -0.2) is 58.2 Å². The maximum absolute atomic E-state index is 12.5. The van der Waals surface area contributed by atoms with Crippen LogP contribution in [0.4, 0.5) is 10.6 Å². The molecule has 1 amide bonds. The summed E-state index contributed by atoms with van der Waals surface area (Å²) in [4.78, 5) is 35.8. The van der Waals surface area contributed by atoms with Gasteiger partial charge in [-0.05, 0) is 48.4 Å². The molecule has 0 unspecified atom stereocenters. The quantitative estimate of drug-likeness (QED) is 0.660. The van der Waals surface area contributed by atoms with E-state index in [1.807, 2.05) is 42.3 Å². The van der Waals surface area contributed by atoms with Crippen molar-refractivity contribution < 1.29 is 19.4 Å². The topological polar surface area (TPSA) is 95.9 Å². The van der Waals surface area contributed by atoms with Gasteiger partial charge >= 0.3 is 12.1 Å². The van der Waals surface area contributed by atoms with Crippen molar-refractivity contribution in [2.75, 3.05) is 31.1 Å². The molecule has 1 fully saturated rings. The predicted molar refractivity (Wildman–Crippen MR) is 119 cm³/mol. The Kier molecular flexibility index (Phi) is 6.30. The van der Waals surface area contributed by atoms with Crippen LogP contribution in [0.25, 0.3) is 0 Å². The lowest BCUT2D eigenvalue weighted by Crippen LogP contribution is -2.49. The van der Waals surface area contributed by atoms with Gasteiger partial charge in [-0.3, -0.25) is 4.98 Å². The molecular formula is C24H24N4O4. The Balaban J connectivity index is 1.28. The van der Waals surface area contributed by atoms with Gasteiger partial charge in [-0.15, -0.1) is 0 Å². The molecule has 1 N–H and O–H groups in total. The third-order valence-corrected chi connectivity index (χ3v) is 5.34. The molecule has 1 saturated heterocycles. The number of benzene rings is 1. The maximum atomic E-state index is 12.5. The Morgan fingerprint density at radius 2 is 1.69 bits per heavy atom. The van der Waals surface area contributed by atoms with E-state index >= 15 is 0 Å². The van der Waals surface area contributed by atoms with Crippen LogP contribution in [0.3, 0.4) is 0 Å². The fourth-order valence-corrected chi connectivity index (χ4v) is 3.47. The first-order chi connectivity index (χ1) is 15.5. The highest BCUT2D eigenvalue weighted by Crippen LogP contribution is 2.18. The molecule has 1 aromatic carbocycles. The Bertz CT molecular complexity index is 1070. The second kappa shape index (κ2) is 9.47. The molecule has 32 heavy (non-hydrogen) atoms. The van der Waals surface area contributed by atoms with Gasteiger partial charge in [0, 0.05) is 50.7 Å². The van der Waals surface area contributed by atoms with Crippen LogP contribution in [0.2, 0.25) is 0 Å². The molecular weight excluding hydrogens is 408 g/mol. The molecule has 0 atom stereocenters. The smallest absolute Gasteiger partial charge is 0.415 e. The van der Waals surface area contributed by atoms with Crippen LogP contribution in [0.5, 0.6) is 5.75 Å². The van der Waals surface area contributed by atoms with E-state index in [0.717, 1.165) is 23.2 Å². The fraction of sp³-hybridized carbons (Fsp3) is 0.250. The van der Waals surface area contributed by atoms with Crippen LogP contribution >= 0.6 is 0 Å². The minimum absolute atomic E-state index is 0.150.